The van der Waals surface area contributed by atoms with Gasteiger partial charge in [-0.1, -0.05) is 35.9 Å². The van der Waals surface area contributed by atoms with E-state index in [2.05, 4.69) is 16.4 Å². The summed E-state index contributed by atoms with van der Waals surface area (Å²) in [6.07, 6.45) is 5.49. The minimum Gasteiger partial charge on any atom is -0.351 e. The summed E-state index contributed by atoms with van der Waals surface area (Å²) in [4.78, 5) is 17.3. The molecule has 0 bridgehead atoms. The van der Waals surface area contributed by atoms with E-state index in [1.54, 1.807) is 35.6 Å². The lowest BCUT2D eigenvalue weighted by Crippen LogP contribution is -2.25. The zero-order chi connectivity index (χ0) is 17.5. The summed E-state index contributed by atoms with van der Waals surface area (Å²) in [6, 6.07) is 12.0. The molecule has 0 saturated carbocycles. The number of imidazole rings is 1. The highest BCUT2D eigenvalue weighted by Crippen LogP contribution is 2.25. The van der Waals surface area contributed by atoms with Crippen LogP contribution in [0.1, 0.15) is 16.0 Å². The van der Waals surface area contributed by atoms with Gasteiger partial charge in [0.15, 0.2) is 0 Å². The van der Waals surface area contributed by atoms with Crippen LogP contribution in [0.5, 0.6) is 0 Å². The number of nitrogens with one attached hydrogen (secondary N) is 1. The molecule has 130 valence electrons. The Bertz CT molecular complexity index is 817. The molecule has 3 rings (SSSR count). The molecule has 1 N–H and O–H groups in total. The molecule has 0 spiro atoms. The predicted octanol–water partition coefficient (Wildman–Crippen LogP) is 4.20. The van der Waals surface area contributed by atoms with Gasteiger partial charge in [0.1, 0.15) is 0 Å². The Morgan fingerprint density at radius 1 is 1.24 bits per heavy atom. The molecule has 0 unspecified atom stereocenters. The molecular formula is C18H18ClN3OS2. The molecule has 1 aromatic carbocycles. The van der Waals surface area contributed by atoms with Crippen molar-refractivity contribution >= 4 is 40.6 Å². The molecule has 0 saturated heterocycles. The Balaban J connectivity index is 1.47. The van der Waals surface area contributed by atoms with E-state index >= 15 is 0 Å². The van der Waals surface area contributed by atoms with Gasteiger partial charge in [0.2, 0.25) is 5.91 Å². The Morgan fingerprint density at radius 3 is 2.80 bits per heavy atom. The lowest BCUT2D eigenvalue weighted by atomic mass is 10.1. The number of rotatable bonds is 8. The average Bonchev–Trinajstić information content (AvgIpc) is 3.26. The highest BCUT2D eigenvalue weighted by molar-refractivity contribution is 7.99. The number of thioether (sulfide) groups is 1. The van der Waals surface area contributed by atoms with Gasteiger partial charge in [-0.05, 0) is 23.3 Å². The lowest BCUT2D eigenvalue weighted by Gasteiger charge is -2.11. The molecule has 25 heavy (non-hydrogen) atoms. The van der Waals surface area contributed by atoms with Crippen LogP contribution in [0, 0.1) is 0 Å². The van der Waals surface area contributed by atoms with Crippen molar-refractivity contribution in [1.82, 2.24) is 14.9 Å². The maximum absolute atomic E-state index is 12.1. The van der Waals surface area contributed by atoms with E-state index in [9.17, 15) is 4.79 Å². The molecule has 2 aromatic heterocycles. The summed E-state index contributed by atoms with van der Waals surface area (Å²) in [5.41, 5.74) is 2.31. The quantitative estimate of drug-likeness (QED) is 0.626. The number of halogens is 1. The molecule has 1 amide bonds. The average molecular weight is 392 g/mol. The van der Waals surface area contributed by atoms with Crippen molar-refractivity contribution in [2.45, 2.75) is 18.8 Å². The number of carbonyl (C=O) groups is 1. The van der Waals surface area contributed by atoms with E-state index in [1.807, 2.05) is 41.1 Å². The van der Waals surface area contributed by atoms with Gasteiger partial charge in [-0.3, -0.25) is 4.79 Å². The summed E-state index contributed by atoms with van der Waals surface area (Å²) < 4.78 is 2.80. The van der Waals surface area contributed by atoms with E-state index in [1.165, 1.54) is 10.4 Å². The zero-order valence-electron chi connectivity index (χ0n) is 13.5. The van der Waals surface area contributed by atoms with Crippen molar-refractivity contribution in [3.05, 3.63) is 75.5 Å². The van der Waals surface area contributed by atoms with Crippen molar-refractivity contribution in [3.63, 3.8) is 0 Å². The van der Waals surface area contributed by atoms with Gasteiger partial charge in [0, 0.05) is 36.1 Å². The van der Waals surface area contributed by atoms with E-state index in [4.69, 9.17) is 11.6 Å². The van der Waals surface area contributed by atoms with Gasteiger partial charge in [0.25, 0.3) is 0 Å². The third kappa shape index (κ3) is 5.63. The first kappa shape index (κ1) is 18.0. The van der Waals surface area contributed by atoms with E-state index in [0.717, 1.165) is 22.2 Å². The van der Waals surface area contributed by atoms with Crippen molar-refractivity contribution in [1.29, 1.82) is 0 Å². The first-order chi connectivity index (χ1) is 12.2. The number of carbonyl (C=O) groups excluding carboxylic acids is 1. The SMILES string of the molecule is O=C(CSCc1ccc(Cl)s1)NCc1ccccc1Cn1ccnc1. The van der Waals surface area contributed by atoms with Gasteiger partial charge in [-0.2, -0.15) is 0 Å². The number of nitrogens with zero attached hydrogens (tertiary/aromatic N) is 2. The summed E-state index contributed by atoms with van der Waals surface area (Å²) in [5.74, 6) is 1.30. The molecule has 4 nitrogen and oxygen atoms in total. The number of thiophene rings is 1. The second-order valence-electron chi connectivity index (χ2n) is 5.48. The Kier molecular flexibility index (Phi) is 6.55. The third-order valence-corrected chi connectivity index (χ3v) is 6.01. The lowest BCUT2D eigenvalue weighted by molar-refractivity contribution is -0.118. The second-order valence-corrected chi connectivity index (χ2v) is 8.26. The summed E-state index contributed by atoms with van der Waals surface area (Å²) >= 11 is 9.07. The maximum Gasteiger partial charge on any atom is 0.230 e. The van der Waals surface area contributed by atoms with Gasteiger partial charge < -0.3 is 9.88 Å². The van der Waals surface area contributed by atoms with Crippen LogP contribution in [0.3, 0.4) is 0 Å². The van der Waals surface area contributed by atoms with Crippen LogP contribution in [0.25, 0.3) is 0 Å². The van der Waals surface area contributed by atoms with Crippen LogP contribution in [-0.4, -0.2) is 21.2 Å². The summed E-state index contributed by atoms with van der Waals surface area (Å²) in [5, 5.41) is 3.00. The van der Waals surface area contributed by atoms with Gasteiger partial charge in [-0.15, -0.1) is 23.1 Å². The van der Waals surface area contributed by atoms with Crippen molar-refractivity contribution in [3.8, 4) is 0 Å². The summed E-state index contributed by atoms with van der Waals surface area (Å²) in [6.45, 7) is 1.29. The molecule has 0 aliphatic rings. The van der Waals surface area contributed by atoms with Crippen molar-refractivity contribution < 1.29 is 4.79 Å². The van der Waals surface area contributed by atoms with E-state index in [0.29, 0.717) is 12.3 Å². The van der Waals surface area contributed by atoms with Crippen LogP contribution in [0.2, 0.25) is 4.34 Å². The van der Waals surface area contributed by atoms with Gasteiger partial charge in [-0.25, -0.2) is 4.98 Å². The number of hydrogen-bond donors (Lipinski definition) is 1. The topological polar surface area (TPSA) is 46.9 Å². The largest absolute Gasteiger partial charge is 0.351 e. The predicted molar refractivity (Wildman–Crippen MR) is 105 cm³/mol. The van der Waals surface area contributed by atoms with Gasteiger partial charge >= 0.3 is 0 Å². The molecular weight excluding hydrogens is 374 g/mol. The highest BCUT2D eigenvalue weighted by atomic mass is 35.5. The van der Waals surface area contributed by atoms with Crippen LogP contribution in [-0.2, 0) is 23.6 Å². The summed E-state index contributed by atoms with van der Waals surface area (Å²) in [7, 11) is 0. The van der Waals surface area contributed by atoms with Crippen LogP contribution in [0.4, 0.5) is 0 Å². The molecule has 0 fully saturated rings. The smallest absolute Gasteiger partial charge is 0.230 e. The standard InChI is InChI=1S/C18H18ClN3OS2/c19-17-6-5-16(25-17)11-24-12-18(23)21-9-14-3-1-2-4-15(14)10-22-8-7-20-13-22/h1-8,13H,9-12H2,(H,21,23). The normalized spacial score (nSPS) is 10.8. The van der Waals surface area contributed by atoms with Crippen molar-refractivity contribution in [2.75, 3.05) is 5.75 Å². The zero-order valence-corrected chi connectivity index (χ0v) is 15.9. The molecule has 7 heteroatoms. The minimum absolute atomic E-state index is 0.0464. The number of benzene rings is 1. The molecule has 0 aliphatic heterocycles. The Morgan fingerprint density at radius 2 is 2.08 bits per heavy atom. The maximum atomic E-state index is 12.1. The Labute approximate surface area is 160 Å². The fourth-order valence-corrected chi connectivity index (χ4v) is 4.44. The first-order valence-corrected chi connectivity index (χ1v) is 10.2. The molecule has 3 aromatic rings. The van der Waals surface area contributed by atoms with Crippen LogP contribution < -0.4 is 5.32 Å². The van der Waals surface area contributed by atoms with Crippen LogP contribution in [0.15, 0.2) is 55.1 Å². The fraction of sp³-hybridized carbons (Fsp3) is 0.222. The molecule has 2 heterocycles. The van der Waals surface area contributed by atoms with E-state index < -0.39 is 0 Å². The highest BCUT2D eigenvalue weighted by Gasteiger charge is 2.06. The number of hydrogen-bond acceptors (Lipinski definition) is 4. The minimum atomic E-state index is 0.0464. The van der Waals surface area contributed by atoms with Crippen molar-refractivity contribution in [2.24, 2.45) is 0 Å². The number of aromatic nitrogens is 2. The third-order valence-electron chi connectivity index (χ3n) is 3.61. The monoisotopic (exact) mass is 391 g/mol. The number of amides is 1. The van der Waals surface area contributed by atoms with Gasteiger partial charge in [0.05, 0.1) is 16.4 Å². The second kappa shape index (κ2) is 9.08. The first-order valence-electron chi connectivity index (χ1n) is 7.82. The Hall–Kier alpha value is -1.76. The molecule has 0 aliphatic carbocycles. The molecule has 0 atom stereocenters. The fourth-order valence-electron chi connectivity index (χ4n) is 2.38. The van der Waals surface area contributed by atoms with E-state index in [-0.39, 0.29) is 5.91 Å². The van der Waals surface area contributed by atoms with Crippen LogP contribution >= 0.6 is 34.7 Å². The molecule has 0 radical (unpaired) electrons.